The van der Waals surface area contributed by atoms with Crippen molar-refractivity contribution < 1.29 is 24.1 Å². The van der Waals surface area contributed by atoms with Crippen molar-refractivity contribution in [2.75, 3.05) is 34.0 Å². The van der Waals surface area contributed by atoms with Gasteiger partial charge in [-0.05, 0) is 6.07 Å². The Kier molecular flexibility index (Phi) is 6.04. The van der Waals surface area contributed by atoms with Crippen LogP contribution >= 0.6 is 0 Å². The Morgan fingerprint density at radius 1 is 1.21 bits per heavy atom. The molecule has 24 heavy (non-hydrogen) atoms. The fourth-order valence-electron chi connectivity index (χ4n) is 3.30. The first-order valence-corrected chi connectivity index (χ1v) is 8.27. The molecule has 134 valence electrons. The molecule has 7 heteroatoms. The van der Waals surface area contributed by atoms with Crippen molar-refractivity contribution in [1.29, 1.82) is 0 Å². The number of rotatable bonds is 8. The van der Waals surface area contributed by atoms with Gasteiger partial charge in [-0.25, -0.2) is 0 Å². The van der Waals surface area contributed by atoms with Crippen molar-refractivity contribution in [2.45, 2.75) is 37.1 Å². The van der Waals surface area contributed by atoms with Crippen molar-refractivity contribution in [2.24, 2.45) is 0 Å². The molecule has 5 unspecified atom stereocenters. The molecule has 1 aromatic carbocycles. The minimum absolute atomic E-state index is 0.153. The summed E-state index contributed by atoms with van der Waals surface area (Å²) in [6.45, 7) is 2.26. The van der Waals surface area contributed by atoms with E-state index in [0.29, 0.717) is 26.3 Å². The second-order valence-corrected chi connectivity index (χ2v) is 6.06. The molecule has 2 fully saturated rings. The third kappa shape index (κ3) is 3.72. The first-order valence-electron chi connectivity index (χ1n) is 8.27. The number of methoxy groups -OCH3 is 2. The summed E-state index contributed by atoms with van der Waals surface area (Å²) in [6.07, 6.45) is -1.17. The lowest BCUT2D eigenvalue weighted by Gasteiger charge is -2.39. The first kappa shape index (κ1) is 17.6. The van der Waals surface area contributed by atoms with E-state index >= 15 is 0 Å². The SMILES string of the molecule is COCCNC1C2OCC(O2)C(NCc2ccccc2OC)C1O. The number of para-hydroxylation sites is 1. The summed E-state index contributed by atoms with van der Waals surface area (Å²) in [4.78, 5) is 0. The van der Waals surface area contributed by atoms with Gasteiger partial charge in [-0.15, -0.1) is 0 Å². The topological polar surface area (TPSA) is 81.2 Å². The van der Waals surface area contributed by atoms with Crippen molar-refractivity contribution in [3.05, 3.63) is 29.8 Å². The van der Waals surface area contributed by atoms with Crippen LogP contribution < -0.4 is 15.4 Å². The molecule has 2 saturated heterocycles. The van der Waals surface area contributed by atoms with Crippen molar-refractivity contribution >= 4 is 0 Å². The van der Waals surface area contributed by atoms with Gasteiger partial charge in [0.05, 0.1) is 38.5 Å². The molecule has 1 aromatic rings. The zero-order valence-electron chi connectivity index (χ0n) is 14.1. The maximum atomic E-state index is 10.8. The zero-order chi connectivity index (χ0) is 16.9. The van der Waals surface area contributed by atoms with Crippen LogP contribution in [-0.2, 0) is 20.8 Å². The highest BCUT2D eigenvalue weighted by Gasteiger charge is 2.49. The number of nitrogens with one attached hydrogen (secondary N) is 2. The van der Waals surface area contributed by atoms with Gasteiger partial charge in [-0.1, -0.05) is 18.2 Å². The zero-order valence-corrected chi connectivity index (χ0v) is 14.1. The van der Waals surface area contributed by atoms with Gasteiger partial charge in [-0.2, -0.15) is 0 Å². The third-order valence-corrected chi connectivity index (χ3v) is 4.57. The highest BCUT2D eigenvalue weighted by molar-refractivity contribution is 5.33. The maximum Gasteiger partial charge on any atom is 0.176 e. The van der Waals surface area contributed by atoms with Crippen molar-refractivity contribution in [1.82, 2.24) is 10.6 Å². The van der Waals surface area contributed by atoms with Crippen molar-refractivity contribution in [3.8, 4) is 5.75 Å². The molecule has 0 aliphatic carbocycles. The fraction of sp³-hybridized carbons (Fsp3) is 0.647. The molecule has 2 heterocycles. The van der Waals surface area contributed by atoms with Gasteiger partial charge >= 0.3 is 0 Å². The summed E-state index contributed by atoms with van der Waals surface area (Å²) >= 11 is 0. The number of aliphatic hydroxyl groups is 1. The van der Waals surface area contributed by atoms with Gasteiger partial charge < -0.3 is 34.7 Å². The highest BCUT2D eigenvalue weighted by atomic mass is 16.7. The number of hydrogen-bond acceptors (Lipinski definition) is 7. The molecule has 0 amide bonds. The number of fused-ring (bicyclic) bond motifs is 2. The van der Waals surface area contributed by atoms with Crippen LogP contribution in [0.15, 0.2) is 24.3 Å². The molecular formula is C17H26N2O5. The Morgan fingerprint density at radius 3 is 2.83 bits per heavy atom. The quantitative estimate of drug-likeness (QED) is 0.570. The smallest absolute Gasteiger partial charge is 0.176 e. The largest absolute Gasteiger partial charge is 0.496 e. The maximum absolute atomic E-state index is 10.8. The van der Waals surface area contributed by atoms with Gasteiger partial charge in [0.25, 0.3) is 0 Å². The lowest BCUT2D eigenvalue weighted by Crippen LogP contribution is -2.63. The van der Waals surface area contributed by atoms with Crippen LogP contribution in [-0.4, -0.2) is 69.7 Å². The highest BCUT2D eigenvalue weighted by Crippen LogP contribution is 2.29. The van der Waals surface area contributed by atoms with Crippen LogP contribution in [0.25, 0.3) is 0 Å². The van der Waals surface area contributed by atoms with Gasteiger partial charge in [0.2, 0.25) is 0 Å². The van der Waals surface area contributed by atoms with Crippen LogP contribution in [0.2, 0.25) is 0 Å². The normalized spacial score (nSPS) is 32.0. The summed E-state index contributed by atoms with van der Waals surface area (Å²) in [7, 11) is 3.30. The predicted molar refractivity (Wildman–Crippen MR) is 87.9 cm³/mol. The number of aliphatic hydroxyl groups excluding tert-OH is 1. The second kappa shape index (κ2) is 8.24. The first-order chi connectivity index (χ1) is 11.7. The summed E-state index contributed by atoms with van der Waals surface area (Å²) < 4.78 is 22.0. The standard InChI is InChI=1S/C17H26N2O5/c1-21-8-7-18-15-16(20)14(13-10-23-17(15)24-13)19-9-11-5-3-4-6-12(11)22-2/h3-6,13-20H,7-10H2,1-2H3. The van der Waals surface area contributed by atoms with Gasteiger partial charge in [0, 0.05) is 25.8 Å². The minimum atomic E-state index is -0.609. The van der Waals surface area contributed by atoms with Gasteiger partial charge in [0.1, 0.15) is 11.9 Å². The fourth-order valence-corrected chi connectivity index (χ4v) is 3.30. The van der Waals surface area contributed by atoms with Gasteiger partial charge in [-0.3, -0.25) is 0 Å². The summed E-state index contributed by atoms with van der Waals surface area (Å²) in [5, 5.41) is 17.4. The van der Waals surface area contributed by atoms with Crippen LogP contribution in [0, 0.1) is 0 Å². The van der Waals surface area contributed by atoms with Crippen LogP contribution in [0.3, 0.4) is 0 Å². The molecule has 3 N–H and O–H groups in total. The van der Waals surface area contributed by atoms with E-state index in [0.717, 1.165) is 11.3 Å². The molecule has 3 rings (SSSR count). The molecule has 2 aliphatic rings. The second-order valence-electron chi connectivity index (χ2n) is 6.06. The molecule has 0 aromatic heterocycles. The van der Waals surface area contributed by atoms with Gasteiger partial charge in [0.15, 0.2) is 6.29 Å². The van der Waals surface area contributed by atoms with E-state index < -0.39 is 12.4 Å². The Bertz CT molecular complexity index is 529. The molecule has 7 nitrogen and oxygen atoms in total. The van der Waals surface area contributed by atoms with E-state index in [1.54, 1.807) is 14.2 Å². The predicted octanol–water partition coefficient (Wildman–Crippen LogP) is -0.126. The molecule has 0 radical (unpaired) electrons. The summed E-state index contributed by atoms with van der Waals surface area (Å²) in [5.41, 5.74) is 1.04. The van der Waals surface area contributed by atoms with E-state index in [1.165, 1.54) is 0 Å². The van der Waals surface area contributed by atoms with Crippen LogP contribution in [0.5, 0.6) is 5.75 Å². The Hall–Kier alpha value is -1.22. The summed E-state index contributed by atoms with van der Waals surface area (Å²) in [5.74, 6) is 0.825. The number of ether oxygens (including phenoxy) is 4. The molecule has 2 aliphatic heterocycles. The Balaban J connectivity index is 1.63. The van der Waals surface area contributed by atoms with E-state index in [4.69, 9.17) is 18.9 Å². The molecule has 0 spiro atoms. The lowest BCUT2D eigenvalue weighted by atomic mass is 9.95. The minimum Gasteiger partial charge on any atom is -0.496 e. The molecule has 0 saturated carbocycles. The monoisotopic (exact) mass is 338 g/mol. The van der Waals surface area contributed by atoms with Crippen LogP contribution in [0.1, 0.15) is 5.56 Å². The van der Waals surface area contributed by atoms with E-state index in [1.807, 2.05) is 24.3 Å². The Labute approximate surface area is 142 Å². The summed E-state index contributed by atoms with van der Waals surface area (Å²) in [6, 6.07) is 7.34. The number of hydrogen-bond donors (Lipinski definition) is 3. The van der Waals surface area contributed by atoms with E-state index in [2.05, 4.69) is 10.6 Å². The average Bonchev–Trinajstić information content (AvgIpc) is 3.04. The molecular weight excluding hydrogens is 312 g/mol. The van der Waals surface area contributed by atoms with Crippen molar-refractivity contribution in [3.63, 3.8) is 0 Å². The average molecular weight is 338 g/mol. The van der Waals surface area contributed by atoms with E-state index in [-0.39, 0.29) is 18.2 Å². The molecule has 2 bridgehead atoms. The number of benzene rings is 1. The Morgan fingerprint density at radius 2 is 2.04 bits per heavy atom. The molecule has 5 atom stereocenters. The lowest BCUT2D eigenvalue weighted by molar-refractivity contribution is -0.153. The van der Waals surface area contributed by atoms with E-state index in [9.17, 15) is 5.11 Å². The third-order valence-electron chi connectivity index (χ3n) is 4.57. The van der Waals surface area contributed by atoms with Crippen LogP contribution in [0.4, 0.5) is 0 Å².